The maximum atomic E-state index is 11.0. The van der Waals surface area contributed by atoms with Gasteiger partial charge in [-0.05, 0) is 32.4 Å². The zero-order chi connectivity index (χ0) is 15.1. The van der Waals surface area contributed by atoms with Gasteiger partial charge >= 0.3 is 5.97 Å². The van der Waals surface area contributed by atoms with E-state index in [1.54, 1.807) is 13.8 Å². The number of aryl methyl sites for hydroxylation is 1. The summed E-state index contributed by atoms with van der Waals surface area (Å²) in [6.45, 7) is 9.52. The van der Waals surface area contributed by atoms with E-state index in [0.717, 1.165) is 11.1 Å². The van der Waals surface area contributed by atoms with E-state index in [0.29, 0.717) is 12.2 Å². The van der Waals surface area contributed by atoms with Crippen LogP contribution in [-0.2, 0) is 11.2 Å². The highest BCUT2D eigenvalue weighted by molar-refractivity contribution is 5.79. The second kappa shape index (κ2) is 7.79. The number of hydrogen-bond donors (Lipinski definition) is 2. The summed E-state index contributed by atoms with van der Waals surface area (Å²) in [5.74, 6) is -0.216. The Balaban J connectivity index is 0.000000573. The van der Waals surface area contributed by atoms with E-state index in [9.17, 15) is 4.79 Å². The van der Waals surface area contributed by atoms with Crippen molar-refractivity contribution in [3.05, 3.63) is 29.3 Å². The number of benzene rings is 1. The van der Waals surface area contributed by atoms with Crippen molar-refractivity contribution in [1.29, 1.82) is 0 Å². The number of carboxylic acid groups (broad SMARTS) is 1. The molecule has 1 heterocycles. The van der Waals surface area contributed by atoms with Crippen LogP contribution in [-0.4, -0.2) is 28.4 Å². The first-order chi connectivity index (χ1) is 8.92. The van der Waals surface area contributed by atoms with E-state index in [1.807, 2.05) is 39.0 Å². The molecule has 0 saturated carbocycles. The average Bonchev–Trinajstić information content (AvgIpc) is 2.70. The van der Waals surface area contributed by atoms with Crippen LogP contribution in [0.2, 0.25) is 0 Å². The summed E-state index contributed by atoms with van der Waals surface area (Å²) in [5, 5.41) is 16.6. The van der Waals surface area contributed by atoms with Crippen molar-refractivity contribution >= 4 is 5.97 Å². The molecule has 0 radical (unpaired) electrons. The minimum atomic E-state index is -1.09. The Morgan fingerprint density at radius 2 is 1.95 bits per heavy atom. The van der Waals surface area contributed by atoms with Gasteiger partial charge in [-0.25, -0.2) is 4.79 Å². The predicted octanol–water partition coefficient (Wildman–Crippen LogP) is 2.80. The molecule has 19 heavy (non-hydrogen) atoms. The fraction of sp³-hybridized carbons (Fsp3) is 0.533. The Kier molecular flexibility index (Phi) is 7.16. The zero-order valence-electron chi connectivity index (χ0n) is 12.4. The van der Waals surface area contributed by atoms with Crippen molar-refractivity contribution in [1.82, 2.24) is 0 Å². The summed E-state index contributed by atoms with van der Waals surface area (Å²) in [6.07, 6.45) is 0.444. The predicted molar refractivity (Wildman–Crippen MR) is 75.7 cm³/mol. The first-order valence-electron chi connectivity index (χ1n) is 6.55. The molecule has 0 aromatic heterocycles. The van der Waals surface area contributed by atoms with Gasteiger partial charge in [0.05, 0.1) is 0 Å². The topological polar surface area (TPSA) is 66.8 Å². The van der Waals surface area contributed by atoms with E-state index in [4.69, 9.17) is 14.9 Å². The van der Waals surface area contributed by atoms with Gasteiger partial charge in [-0.2, -0.15) is 0 Å². The monoisotopic (exact) mass is 268 g/mol. The number of carbonyl (C=O) groups is 1. The van der Waals surface area contributed by atoms with Crippen LogP contribution in [0.3, 0.4) is 0 Å². The highest BCUT2D eigenvalue weighted by atomic mass is 16.5. The molecule has 1 atom stereocenters. The van der Waals surface area contributed by atoms with Crippen LogP contribution >= 0.6 is 0 Å². The molecule has 1 aromatic carbocycles. The smallest absolute Gasteiger partial charge is 0.348 e. The molecule has 2 N–H and O–H groups in total. The van der Waals surface area contributed by atoms with Gasteiger partial charge in [0.2, 0.25) is 5.60 Å². The summed E-state index contributed by atoms with van der Waals surface area (Å²) in [4.78, 5) is 11.0. The number of carboxylic acids is 1. The maximum Gasteiger partial charge on any atom is 0.348 e. The molecule has 4 heteroatoms. The Labute approximate surface area is 115 Å². The summed E-state index contributed by atoms with van der Waals surface area (Å²) in [6, 6.07) is 5.73. The lowest BCUT2D eigenvalue weighted by Crippen LogP contribution is -2.39. The van der Waals surface area contributed by atoms with Crippen molar-refractivity contribution in [3.63, 3.8) is 0 Å². The minimum Gasteiger partial charge on any atom is -0.478 e. The normalized spacial score (nSPS) is 19.1. The number of rotatable bonds is 1. The fourth-order valence-electron chi connectivity index (χ4n) is 1.71. The van der Waals surface area contributed by atoms with Gasteiger partial charge in [-0.3, -0.25) is 0 Å². The molecule has 0 fully saturated rings. The molecule has 1 aliphatic heterocycles. The van der Waals surface area contributed by atoms with Crippen LogP contribution in [0.25, 0.3) is 0 Å². The Morgan fingerprint density at radius 3 is 2.42 bits per heavy atom. The molecule has 1 aromatic rings. The summed E-state index contributed by atoms with van der Waals surface area (Å²) in [5.41, 5.74) is 1.02. The van der Waals surface area contributed by atoms with Crippen LogP contribution in [0.15, 0.2) is 18.2 Å². The van der Waals surface area contributed by atoms with Gasteiger partial charge in [-0.1, -0.05) is 31.5 Å². The number of fused-ring (bicyclic) bond motifs is 1. The highest BCUT2D eigenvalue weighted by Gasteiger charge is 2.41. The molecule has 1 unspecified atom stereocenters. The van der Waals surface area contributed by atoms with Gasteiger partial charge in [0, 0.05) is 13.0 Å². The van der Waals surface area contributed by atoms with Crippen molar-refractivity contribution in [2.75, 3.05) is 6.61 Å². The van der Waals surface area contributed by atoms with E-state index in [-0.39, 0.29) is 6.61 Å². The number of hydrogen-bond acceptors (Lipinski definition) is 3. The van der Waals surface area contributed by atoms with Crippen LogP contribution in [0.1, 0.15) is 38.8 Å². The van der Waals surface area contributed by atoms with Crippen LogP contribution in [0.5, 0.6) is 5.75 Å². The standard InChI is InChI=1S/C11H12O3.C2H6O.C2H6/c1-7-3-4-9-8(5-7)6-11(2,14-9)10(12)13;1-2-3;1-2/h3-5H,6H2,1-2H3,(H,12,13);3H,2H2,1H3;1-2H3. The van der Waals surface area contributed by atoms with E-state index < -0.39 is 11.6 Å². The molecular weight excluding hydrogens is 244 g/mol. The van der Waals surface area contributed by atoms with Crippen molar-refractivity contribution in [2.24, 2.45) is 0 Å². The average molecular weight is 268 g/mol. The SMILES string of the molecule is CC.CCO.Cc1ccc2c(c1)CC(C)(C(=O)O)O2. The van der Waals surface area contributed by atoms with Crippen molar-refractivity contribution < 1.29 is 19.7 Å². The van der Waals surface area contributed by atoms with E-state index in [2.05, 4.69) is 0 Å². The zero-order valence-corrected chi connectivity index (χ0v) is 12.4. The third-order valence-corrected chi connectivity index (χ3v) is 2.53. The second-order valence-corrected chi connectivity index (χ2v) is 4.24. The van der Waals surface area contributed by atoms with Gasteiger partial charge in [0.1, 0.15) is 5.75 Å². The van der Waals surface area contributed by atoms with Crippen molar-refractivity contribution in [3.8, 4) is 5.75 Å². The van der Waals surface area contributed by atoms with E-state index in [1.165, 1.54) is 0 Å². The summed E-state index contributed by atoms with van der Waals surface area (Å²) in [7, 11) is 0. The molecular formula is C15H24O4. The third-order valence-electron chi connectivity index (χ3n) is 2.53. The van der Waals surface area contributed by atoms with Crippen LogP contribution in [0, 0.1) is 6.92 Å². The summed E-state index contributed by atoms with van der Waals surface area (Å²) < 4.78 is 5.41. The van der Waals surface area contributed by atoms with Crippen LogP contribution < -0.4 is 4.74 Å². The van der Waals surface area contributed by atoms with Crippen LogP contribution in [0.4, 0.5) is 0 Å². The molecule has 0 saturated heterocycles. The molecule has 4 nitrogen and oxygen atoms in total. The first kappa shape index (κ1) is 17.4. The fourth-order valence-corrected chi connectivity index (χ4v) is 1.71. The first-order valence-corrected chi connectivity index (χ1v) is 6.55. The Bertz CT molecular complexity index is 415. The van der Waals surface area contributed by atoms with E-state index >= 15 is 0 Å². The lowest BCUT2D eigenvalue weighted by Gasteiger charge is -2.17. The quantitative estimate of drug-likeness (QED) is 0.822. The third kappa shape index (κ3) is 4.56. The molecule has 0 amide bonds. The molecule has 1 aliphatic rings. The molecule has 0 spiro atoms. The lowest BCUT2D eigenvalue weighted by atomic mass is 9.99. The van der Waals surface area contributed by atoms with Gasteiger partial charge < -0.3 is 14.9 Å². The number of aliphatic hydroxyl groups excluding tert-OH is 1. The van der Waals surface area contributed by atoms with Gasteiger partial charge in [-0.15, -0.1) is 0 Å². The molecule has 0 bridgehead atoms. The Morgan fingerprint density at radius 1 is 1.42 bits per heavy atom. The minimum absolute atomic E-state index is 0.250. The second-order valence-electron chi connectivity index (χ2n) is 4.24. The number of ether oxygens (including phenoxy) is 1. The lowest BCUT2D eigenvalue weighted by molar-refractivity contribution is -0.152. The molecule has 0 aliphatic carbocycles. The number of aliphatic carboxylic acids is 1. The number of aliphatic hydroxyl groups is 1. The largest absolute Gasteiger partial charge is 0.478 e. The molecule has 2 rings (SSSR count). The molecule has 108 valence electrons. The maximum absolute atomic E-state index is 11.0. The van der Waals surface area contributed by atoms with Gasteiger partial charge in [0.15, 0.2) is 0 Å². The summed E-state index contributed by atoms with van der Waals surface area (Å²) >= 11 is 0. The Hall–Kier alpha value is -1.55. The highest BCUT2D eigenvalue weighted by Crippen LogP contribution is 2.35. The van der Waals surface area contributed by atoms with Crippen molar-refractivity contribution in [2.45, 2.75) is 46.6 Å². The van der Waals surface area contributed by atoms with Gasteiger partial charge in [0.25, 0.3) is 0 Å².